The second-order valence-electron chi connectivity index (χ2n) is 6.35. The lowest BCUT2D eigenvalue weighted by Crippen LogP contribution is -2.12. The van der Waals surface area contributed by atoms with Crippen LogP contribution >= 0.6 is 11.8 Å². The van der Waals surface area contributed by atoms with Crippen LogP contribution in [0.2, 0.25) is 0 Å². The molecule has 1 aromatic carbocycles. The second-order valence-corrected chi connectivity index (χ2v) is 7.30. The van der Waals surface area contributed by atoms with Crippen molar-refractivity contribution >= 4 is 11.8 Å². The molecule has 3 nitrogen and oxygen atoms in total. The van der Waals surface area contributed by atoms with E-state index in [4.69, 9.17) is 0 Å². The van der Waals surface area contributed by atoms with Gasteiger partial charge in [0.25, 0.3) is 0 Å². The first kappa shape index (κ1) is 16.3. The Morgan fingerprint density at radius 1 is 1.26 bits per heavy atom. The Kier molecular flexibility index (Phi) is 5.55. The zero-order chi connectivity index (χ0) is 16.1. The van der Waals surface area contributed by atoms with E-state index in [1.807, 2.05) is 6.08 Å². The summed E-state index contributed by atoms with van der Waals surface area (Å²) < 4.78 is 2.27. The molecule has 0 unspecified atom stereocenters. The molecule has 23 heavy (non-hydrogen) atoms. The summed E-state index contributed by atoms with van der Waals surface area (Å²) in [6.07, 6.45) is 8.44. The van der Waals surface area contributed by atoms with Crippen LogP contribution in [0.5, 0.6) is 0 Å². The van der Waals surface area contributed by atoms with Gasteiger partial charge in [-0.05, 0) is 25.3 Å². The summed E-state index contributed by atoms with van der Waals surface area (Å²) in [5.74, 6) is 2.67. The zero-order valence-corrected chi connectivity index (χ0v) is 14.7. The summed E-state index contributed by atoms with van der Waals surface area (Å²) in [6, 6.07) is 8.67. The van der Waals surface area contributed by atoms with Crippen molar-refractivity contribution in [3.05, 3.63) is 53.9 Å². The van der Waals surface area contributed by atoms with Crippen molar-refractivity contribution in [2.75, 3.05) is 0 Å². The Bertz CT molecular complexity index is 656. The molecule has 1 heterocycles. The van der Waals surface area contributed by atoms with Crippen molar-refractivity contribution in [1.82, 2.24) is 14.8 Å². The molecular formula is C19H25N3S. The summed E-state index contributed by atoms with van der Waals surface area (Å²) in [4.78, 5) is 0. The maximum Gasteiger partial charge on any atom is 0.191 e. The number of hydrogen-bond acceptors (Lipinski definition) is 3. The monoisotopic (exact) mass is 327 g/mol. The van der Waals surface area contributed by atoms with Gasteiger partial charge in [0.2, 0.25) is 0 Å². The Hall–Kier alpha value is -1.55. The van der Waals surface area contributed by atoms with Gasteiger partial charge < -0.3 is 4.57 Å². The lowest BCUT2D eigenvalue weighted by Gasteiger charge is -2.21. The van der Waals surface area contributed by atoms with Crippen LogP contribution in [-0.2, 0) is 12.3 Å². The molecular weight excluding hydrogens is 302 g/mol. The molecule has 3 rings (SSSR count). The van der Waals surface area contributed by atoms with Gasteiger partial charge in [0.15, 0.2) is 5.16 Å². The summed E-state index contributed by atoms with van der Waals surface area (Å²) in [5.41, 5.74) is 2.64. The molecule has 2 aromatic rings. The van der Waals surface area contributed by atoms with E-state index in [0.717, 1.165) is 23.3 Å². The van der Waals surface area contributed by atoms with E-state index in [9.17, 15) is 0 Å². The van der Waals surface area contributed by atoms with Crippen LogP contribution in [0.3, 0.4) is 0 Å². The zero-order valence-electron chi connectivity index (χ0n) is 13.9. The molecule has 1 fully saturated rings. The van der Waals surface area contributed by atoms with Crippen LogP contribution in [0.1, 0.15) is 55.0 Å². The molecule has 1 saturated carbocycles. The van der Waals surface area contributed by atoms with Crippen LogP contribution in [-0.4, -0.2) is 14.8 Å². The lowest BCUT2D eigenvalue weighted by molar-refractivity contribution is 0.415. The molecule has 0 atom stereocenters. The first-order valence-corrected chi connectivity index (χ1v) is 9.49. The molecule has 4 heteroatoms. The fourth-order valence-corrected chi connectivity index (χ4v) is 4.22. The highest BCUT2D eigenvalue weighted by Gasteiger charge is 2.22. The van der Waals surface area contributed by atoms with Gasteiger partial charge in [-0.1, -0.05) is 66.9 Å². The van der Waals surface area contributed by atoms with Gasteiger partial charge in [-0.3, -0.25) is 0 Å². The third-order valence-electron chi connectivity index (χ3n) is 4.48. The van der Waals surface area contributed by atoms with Gasteiger partial charge in [0, 0.05) is 18.2 Å². The maximum absolute atomic E-state index is 4.53. The van der Waals surface area contributed by atoms with Crippen molar-refractivity contribution in [1.29, 1.82) is 0 Å². The molecule has 0 spiro atoms. The topological polar surface area (TPSA) is 30.7 Å². The van der Waals surface area contributed by atoms with E-state index < -0.39 is 0 Å². The highest BCUT2D eigenvalue weighted by atomic mass is 32.2. The molecule has 0 amide bonds. The van der Waals surface area contributed by atoms with Crippen molar-refractivity contribution in [2.24, 2.45) is 0 Å². The van der Waals surface area contributed by atoms with Crippen LogP contribution in [0.15, 0.2) is 42.1 Å². The summed E-state index contributed by atoms with van der Waals surface area (Å²) in [6.45, 7) is 6.84. The van der Waals surface area contributed by atoms with Crippen molar-refractivity contribution in [3.63, 3.8) is 0 Å². The van der Waals surface area contributed by atoms with Gasteiger partial charge in [-0.25, -0.2) is 0 Å². The van der Waals surface area contributed by atoms with Crippen LogP contribution in [0, 0.1) is 6.92 Å². The Balaban J connectivity index is 1.75. The Labute approximate surface area is 143 Å². The van der Waals surface area contributed by atoms with E-state index in [0.29, 0.717) is 5.92 Å². The lowest BCUT2D eigenvalue weighted by atomic mass is 9.89. The molecule has 1 aliphatic rings. The predicted octanol–water partition coefficient (Wildman–Crippen LogP) is 5.11. The molecule has 0 bridgehead atoms. The number of thioether (sulfide) groups is 1. The smallest absolute Gasteiger partial charge is 0.191 e. The molecule has 0 saturated heterocycles. The number of rotatable bonds is 6. The van der Waals surface area contributed by atoms with Gasteiger partial charge in [-0.2, -0.15) is 0 Å². The molecule has 0 N–H and O–H groups in total. The largest absolute Gasteiger partial charge is 0.302 e. The highest BCUT2D eigenvalue weighted by molar-refractivity contribution is 7.98. The van der Waals surface area contributed by atoms with Gasteiger partial charge in [0.1, 0.15) is 5.82 Å². The first-order chi connectivity index (χ1) is 11.3. The molecule has 1 aromatic heterocycles. The van der Waals surface area contributed by atoms with Crippen LogP contribution < -0.4 is 0 Å². The van der Waals surface area contributed by atoms with Gasteiger partial charge in [-0.15, -0.1) is 16.8 Å². The predicted molar refractivity (Wildman–Crippen MR) is 96.8 cm³/mol. The minimum Gasteiger partial charge on any atom is -0.302 e. The third-order valence-corrected chi connectivity index (χ3v) is 5.52. The van der Waals surface area contributed by atoms with E-state index in [1.165, 1.54) is 43.2 Å². The van der Waals surface area contributed by atoms with E-state index in [1.54, 1.807) is 11.8 Å². The number of aromatic nitrogens is 3. The number of nitrogens with zero attached hydrogens (tertiary/aromatic N) is 3. The molecule has 122 valence electrons. The quantitative estimate of drug-likeness (QED) is 0.545. The minimum atomic E-state index is 0.574. The Morgan fingerprint density at radius 2 is 2.09 bits per heavy atom. The van der Waals surface area contributed by atoms with Crippen molar-refractivity contribution in [2.45, 2.75) is 62.4 Å². The van der Waals surface area contributed by atoms with Crippen LogP contribution in [0.4, 0.5) is 0 Å². The Morgan fingerprint density at radius 3 is 2.83 bits per heavy atom. The van der Waals surface area contributed by atoms with E-state index in [-0.39, 0.29) is 0 Å². The maximum atomic E-state index is 4.53. The number of allylic oxidation sites excluding steroid dienone is 1. The second kappa shape index (κ2) is 7.82. The van der Waals surface area contributed by atoms with Gasteiger partial charge >= 0.3 is 0 Å². The third kappa shape index (κ3) is 4.05. The number of aryl methyl sites for hydroxylation is 1. The summed E-state index contributed by atoms with van der Waals surface area (Å²) in [5, 5.41) is 10.0. The number of benzene rings is 1. The van der Waals surface area contributed by atoms with Crippen molar-refractivity contribution < 1.29 is 0 Å². The first-order valence-electron chi connectivity index (χ1n) is 8.50. The molecule has 1 aliphatic carbocycles. The van der Waals surface area contributed by atoms with Crippen molar-refractivity contribution in [3.8, 4) is 0 Å². The van der Waals surface area contributed by atoms with E-state index >= 15 is 0 Å². The van der Waals surface area contributed by atoms with Crippen LogP contribution in [0.25, 0.3) is 0 Å². The molecule has 0 radical (unpaired) electrons. The van der Waals surface area contributed by atoms with Gasteiger partial charge in [0.05, 0.1) is 0 Å². The summed E-state index contributed by atoms with van der Waals surface area (Å²) >= 11 is 1.78. The van der Waals surface area contributed by atoms with E-state index in [2.05, 4.69) is 52.5 Å². The summed E-state index contributed by atoms with van der Waals surface area (Å²) in [7, 11) is 0. The average molecular weight is 327 g/mol. The normalized spacial score (nSPS) is 15.7. The highest BCUT2D eigenvalue weighted by Crippen LogP contribution is 2.33. The minimum absolute atomic E-state index is 0.574. The standard InChI is InChI=1S/C19H25N3S/c1-3-12-22-18(17-10-5-4-6-11-17)20-21-19(22)23-14-16-9-7-8-15(2)13-16/h3,7-9,13,17H,1,4-6,10-12,14H2,2H3. The fraction of sp³-hybridized carbons (Fsp3) is 0.474. The SMILES string of the molecule is C=CCn1c(SCc2cccc(C)c2)nnc1C1CCCCC1. The average Bonchev–Trinajstić information content (AvgIpc) is 2.97. The number of hydrogen-bond donors (Lipinski definition) is 0. The molecule has 0 aliphatic heterocycles. The fourth-order valence-electron chi connectivity index (χ4n) is 3.32.